The van der Waals surface area contributed by atoms with Gasteiger partial charge in [0.25, 0.3) is 0 Å². The van der Waals surface area contributed by atoms with E-state index in [2.05, 4.69) is 5.32 Å². The van der Waals surface area contributed by atoms with Crippen LogP contribution in [0.4, 0.5) is 0 Å². The SMILES string of the molecule is CC(C)(C)NC(=O)[C@H](Cc1ccccc1)N(Cc1ccc(Cl)cc1Cl)C(=O)CSCc1c(Cl)cccc1Cl. The highest BCUT2D eigenvalue weighted by atomic mass is 35.5. The number of amides is 2. The van der Waals surface area contributed by atoms with Gasteiger partial charge in [-0.15, -0.1) is 11.8 Å². The highest BCUT2D eigenvalue weighted by Gasteiger charge is 2.32. The van der Waals surface area contributed by atoms with Gasteiger partial charge >= 0.3 is 0 Å². The molecule has 0 saturated carbocycles. The summed E-state index contributed by atoms with van der Waals surface area (Å²) in [5.41, 5.74) is 1.93. The minimum Gasteiger partial charge on any atom is -0.350 e. The molecule has 0 unspecified atom stereocenters. The lowest BCUT2D eigenvalue weighted by atomic mass is 10.0. The Labute approximate surface area is 249 Å². The van der Waals surface area contributed by atoms with E-state index in [9.17, 15) is 9.59 Å². The zero-order chi connectivity index (χ0) is 27.9. The summed E-state index contributed by atoms with van der Waals surface area (Å²) in [5.74, 6) is 0.145. The van der Waals surface area contributed by atoms with Gasteiger partial charge in [-0.25, -0.2) is 0 Å². The van der Waals surface area contributed by atoms with Crippen molar-refractivity contribution >= 4 is 70.0 Å². The number of nitrogens with zero attached hydrogens (tertiary/aromatic N) is 1. The molecule has 0 radical (unpaired) electrons. The summed E-state index contributed by atoms with van der Waals surface area (Å²) in [4.78, 5) is 29.0. The van der Waals surface area contributed by atoms with Crippen LogP contribution in [0.2, 0.25) is 20.1 Å². The van der Waals surface area contributed by atoms with E-state index >= 15 is 0 Å². The van der Waals surface area contributed by atoms with Gasteiger partial charge in [0.2, 0.25) is 11.8 Å². The quantitative estimate of drug-likeness (QED) is 0.252. The average molecular weight is 612 g/mol. The van der Waals surface area contributed by atoms with Crippen LogP contribution in [0.1, 0.15) is 37.5 Å². The molecule has 0 aliphatic heterocycles. The van der Waals surface area contributed by atoms with Crippen LogP contribution in [-0.2, 0) is 28.3 Å². The minimum atomic E-state index is -0.764. The Hall–Kier alpha value is -1.89. The first-order chi connectivity index (χ1) is 17.9. The number of carbonyl (C=O) groups excluding carboxylic acids is 2. The Bertz CT molecular complexity index is 1240. The molecule has 0 bridgehead atoms. The van der Waals surface area contributed by atoms with Crippen molar-refractivity contribution in [3.8, 4) is 0 Å². The third kappa shape index (κ3) is 9.10. The van der Waals surface area contributed by atoms with Gasteiger partial charge in [0.15, 0.2) is 0 Å². The standard InChI is InChI=1S/C29H30Cl4N2O2S/c1-29(2,3)34-28(37)26(14-19-8-5-4-6-9-19)35(16-20-12-13-21(30)15-25(20)33)27(36)18-38-17-22-23(31)10-7-11-24(22)32/h4-13,15,26H,14,16-18H2,1-3H3,(H,34,37)/t26-/m0/s1. The van der Waals surface area contributed by atoms with Crippen molar-refractivity contribution in [2.75, 3.05) is 5.75 Å². The molecule has 3 aromatic rings. The molecule has 3 rings (SSSR count). The minimum absolute atomic E-state index is 0.126. The number of halogens is 4. The third-order valence-electron chi connectivity index (χ3n) is 5.66. The zero-order valence-corrected chi connectivity index (χ0v) is 25.3. The second-order valence-electron chi connectivity index (χ2n) is 9.90. The average Bonchev–Trinajstić information content (AvgIpc) is 2.83. The maximum absolute atomic E-state index is 13.8. The van der Waals surface area contributed by atoms with Gasteiger partial charge < -0.3 is 10.2 Å². The first-order valence-corrected chi connectivity index (χ1v) is 14.7. The molecule has 38 heavy (non-hydrogen) atoms. The Morgan fingerprint density at radius 1 is 0.895 bits per heavy atom. The van der Waals surface area contributed by atoms with E-state index in [1.807, 2.05) is 51.1 Å². The number of rotatable bonds is 10. The van der Waals surface area contributed by atoms with Crippen LogP contribution in [0.25, 0.3) is 0 Å². The highest BCUT2D eigenvalue weighted by Crippen LogP contribution is 2.29. The van der Waals surface area contributed by atoms with Gasteiger partial charge in [-0.2, -0.15) is 0 Å². The molecule has 1 N–H and O–H groups in total. The van der Waals surface area contributed by atoms with E-state index in [4.69, 9.17) is 46.4 Å². The van der Waals surface area contributed by atoms with E-state index in [0.29, 0.717) is 37.8 Å². The molecular formula is C29H30Cl4N2O2S. The summed E-state index contributed by atoms with van der Waals surface area (Å²) < 4.78 is 0. The Kier molecular flexibility index (Phi) is 11.3. The van der Waals surface area contributed by atoms with Crippen LogP contribution in [-0.4, -0.2) is 34.0 Å². The van der Waals surface area contributed by atoms with Crippen molar-refractivity contribution in [3.63, 3.8) is 0 Å². The van der Waals surface area contributed by atoms with Gasteiger partial charge in [0, 0.05) is 44.3 Å². The fraction of sp³-hybridized carbons (Fsp3) is 0.310. The summed E-state index contributed by atoms with van der Waals surface area (Å²) >= 11 is 26.6. The molecule has 3 aromatic carbocycles. The van der Waals surface area contributed by atoms with Gasteiger partial charge in [0.05, 0.1) is 5.75 Å². The van der Waals surface area contributed by atoms with Crippen LogP contribution in [0.5, 0.6) is 0 Å². The van der Waals surface area contributed by atoms with Gasteiger partial charge in [-0.05, 0) is 61.7 Å². The Morgan fingerprint density at radius 2 is 1.55 bits per heavy atom. The van der Waals surface area contributed by atoms with Gasteiger partial charge in [0.1, 0.15) is 6.04 Å². The molecule has 0 heterocycles. The summed E-state index contributed by atoms with van der Waals surface area (Å²) in [5, 5.41) is 5.08. The molecular weight excluding hydrogens is 582 g/mol. The highest BCUT2D eigenvalue weighted by molar-refractivity contribution is 7.99. The first kappa shape index (κ1) is 30.6. The molecule has 9 heteroatoms. The maximum atomic E-state index is 13.8. The molecule has 0 aliphatic carbocycles. The van der Waals surface area contributed by atoms with Crippen LogP contribution in [0.3, 0.4) is 0 Å². The number of thioether (sulfide) groups is 1. The number of hydrogen-bond acceptors (Lipinski definition) is 3. The van der Waals surface area contributed by atoms with E-state index in [1.165, 1.54) is 11.8 Å². The second kappa shape index (κ2) is 14.0. The molecule has 0 spiro atoms. The second-order valence-corrected chi connectivity index (χ2v) is 12.5. The summed E-state index contributed by atoms with van der Waals surface area (Å²) in [6.45, 7) is 5.89. The lowest BCUT2D eigenvalue weighted by molar-refractivity contribution is -0.140. The Morgan fingerprint density at radius 3 is 2.16 bits per heavy atom. The number of hydrogen-bond donors (Lipinski definition) is 1. The summed E-state index contributed by atoms with van der Waals surface area (Å²) in [6, 6.07) is 19.3. The number of nitrogens with one attached hydrogen (secondary N) is 1. The van der Waals surface area contributed by atoms with Gasteiger partial charge in [-0.3, -0.25) is 9.59 Å². The molecule has 2 amide bonds. The van der Waals surface area contributed by atoms with E-state index in [1.54, 1.807) is 41.3 Å². The van der Waals surface area contributed by atoms with Crippen LogP contribution < -0.4 is 5.32 Å². The topological polar surface area (TPSA) is 49.4 Å². The largest absolute Gasteiger partial charge is 0.350 e. The third-order valence-corrected chi connectivity index (χ3v) is 7.90. The van der Waals surface area contributed by atoms with E-state index in [0.717, 1.165) is 11.1 Å². The molecule has 1 atom stereocenters. The van der Waals surface area contributed by atoms with Crippen molar-refractivity contribution < 1.29 is 9.59 Å². The molecule has 0 saturated heterocycles. The molecule has 0 aromatic heterocycles. The van der Waals surface area contributed by atoms with Crippen LogP contribution >= 0.6 is 58.2 Å². The van der Waals surface area contributed by atoms with Crippen molar-refractivity contribution in [1.29, 1.82) is 0 Å². The maximum Gasteiger partial charge on any atom is 0.243 e. The van der Waals surface area contributed by atoms with Gasteiger partial charge in [-0.1, -0.05) is 88.9 Å². The monoisotopic (exact) mass is 610 g/mol. The van der Waals surface area contributed by atoms with Crippen LogP contribution in [0, 0.1) is 0 Å². The fourth-order valence-electron chi connectivity index (χ4n) is 3.83. The zero-order valence-electron chi connectivity index (χ0n) is 21.4. The smallest absolute Gasteiger partial charge is 0.243 e. The lowest BCUT2D eigenvalue weighted by Gasteiger charge is -2.34. The molecule has 202 valence electrons. The molecule has 0 fully saturated rings. The van der Waals surface area contributed by atoms with E-state index < -0.39 is 11.6 Å². The fourth-order valence-corrected chi connectivity index (χ4v) is 5.95. The first-order valence-electron chi connectivity index (χ1n) is 12.0. The normalized spacial score (nSPS) is 12.2. The van der Waals surface area contributed by atoms with E-state index in [-0.39, 0.29) is 24.1 Å². The number of benzene rings is 3. The summed E-state index contributed by atoms with van der Waals surface area (Å²) in [7, 11) is 0. The predicted molar refractivity (Wildman–Crippen MR) is 161 cm³/mol. The van der Waals surface area contributed by atoms with Crippen molar-refractivity contribution in [2.24, 2.45) is 0 Å². The summed E-state index contributed by atoms with van der Waals surface area (Å²) in [6.07, 6.45) is 0.348. The number of carbonyl (C=O) groups is 2. The van der Waals surface area contributed by atoms with Crippen molar-refractivity contribution in [2.45, 2.75) is 51.1 Å². The van der Waals surface area contributed by atoms with Crippen molar-refractivity contribution in [3.05, 3.63) is 104 Å². The van der Waals surface area contributed by atoms with Crippen LogP contribution in [0.15, 0.2) is 66.7 Å². The molecule has 0 aliphatic rings. The lowest BCUT2D eigenvalue weighted by Crippen LogP contribution is -2.54. The molecule has 4 nitrogen and oxygen atoms in total. The van der Waals surface area contributed by atoms with Crippen molar-refractivity contribution in [1.82, 2.24) is 10.2 Å². The predicted octanol–water partition coefficient (Wildman–Crippen LogP) is 8.09. The Balaban J connectivity index is 1.92.